The lowest BCUT2D eigenvalue weighted by atomic mass is 9.97. The van der Waals surface area contributed by atoms with Crippen LogP contribution in [0.5, 0.6) is 0 Å². The molecule has 0 atom stereocenters. The van der Waals surface area contributed by atoms with Crippen molar-refractivity contribution in [3.63, 3.8) is 0 Å². The Morgan fingerprint density at radius 2 is 0.863 bits per heavy atom. The Labute approximate surface area is 290 Å². The molecule has 0 unspecified atom stereocenters. The molecule has 0 aliphatic carbocycles. The van der Waals surface area contributed by atoms with E-state index in [0.29, 0.717) is 17.5 Å². The van der Waals surface area contributed by atoms with E-state index in [2.05, 4.69) is 48.5 Å². The molecule has 0 aliphatic heterocycles. The normalized spacial score (nSPS) is 11.9. The minimum absolute atomic E-state index is 0.566. The highest BCUT2D eigenvalue weighted by Gasteiger charge is 2.20. The SMILES string of the molecule is c1ccc(-c2nc(-c3ccc4oc5cccc(-c6cccc7c6oc6ccccc67)c5c4c3)nc(-c3cccc4oc5ccccc5c34)n2)cc1. The van der Waals surface area contributed by atoms with Crippen molar-refractivity contribution in [3.05, 3.63) is 152 Å². The molecule has 4 heterocycles. The third kappa shape index (κ3) is 4.26. The molecule has 0 N–H and O–H groups in total. The van der Waals surface area contributed by atoms with E-state index in [1.165, 1.54) is 0 Å². The number of benzene rings is 7. The summed E-state index contributed by atoms with van der Waals surface area (Å²) in [6, 6.07) is 51.0. The second-order valence-electron chi connectivity index (χ2n) is 12.7. The van der Waals surface area contributed by atoms with E-state index in [1.54, 1.807) is 0 Å². The van der Waals surface area contributed by atoms with E-state index in [-0.39, 0.29) is 0 Å². The smallest absolute Gasteiger partial charge is 0.164 e. The summed E-state index contributed by atoms with van der Waals surface area (Å²) in [6.45, 7) is 0. The van der Waals surface area contributed by atoms with Crippen LogP contribution in [0.15, 0.2) is 165 Å². The zero-order valence-corrected chi connectivity index (χ0v) is 27.0. The van der Waals surface area contributed by atoms with Crippen LogP contribution in [0.2, 0.25) is 0 Å². The van der Waals surface area contributed by atoms with Gasteiger partial charge in [0.15, 0.2) is 17.5 Å². The average molecular weight is 656 g/mol. The van der Waals surface area contributed by atoms with Crippen molar-refractivity contribution in [1.82, 2.24) is 15.0 Å². The molecule has 0 saturated heterocycles. The Bertz CT molecular complexity index is 3150. The maximum atomic E-state index is 6.47. The highest BCUT2D eigenvalue weighted by atomic mass is 16.3. The number of hydrogen-bond acceptors (Lipinski definition) is 6. The van der Waals surface area contributed by atoms with Crippen LogP contribution in [0, 0.1) is 0 Å². The molecule has 7 aromatic carbocycles. The van der Waals surface area contributed by atoms with Gasteiger partial charge in [-0.05, 0) is 48.0 Å². The van der Waals surface area contributed by atoms with Gasteiger partial charge in [0.2, 0.25) is 0 Å². The third-order valence-corrected chi connectivity index (χ3v) is 9.76. The largest absolute Gasteiger partial charge is 0.456 e. The molecule has 6 heteroatoms. The lowest BCUT2D eigenvalue weighted by Crippen LogP contribution is -2.00. The summed E-state index contributed by atoms with van der Waals surface area (Å²) in [5.41, 5.74) is 9.60. The molecule has 0 spiro atoms. The fourth-order valence-corrected chi connectivity index (χ4v) is 7.45. The highest BCUT2D eigenvalue weighted by Crippen LogP contribution is 2.43. The molecule has 0 fully saturated rings. The first-order valence-corrected chi connectivity index (χ1v) is 16.9. The first kappa shape index (κ1) is 27.9. The second kappa shape index (κ2) is 10.7. The van der Waals surface area contributed by atoms with Gasteiger partial charge in [0, 0.05) is 54.6 Å². The number of fused-ring (bicyclic) bond motifs is 9. The summed E-state index contributed by atoms with van der Waals surface area (Å²) in [5, 5.41) is 6.15. The first-order chi connectivity index (χ1) is 25.3. The van der Waals surface area contributed by atoms with Gasteiger partial charge in [-0.1, -0.05) is 109 Å². The van der Waals surface area contributed by atoms with E-state index in [0.717, 1.165) is 93.6 Å². The van der Waals surface area contributed by atoms with Gasteiger partial charge >= 0.3 is 0 Å². The minimum Gasteiger partial charge on any atom is -0.456 e. The fraction of sp³-hybridized carbons (Fsp3) is 0. The molecule has 4 aromatic heterocycles. The maximum absolute atomic E-state index is 6.47. The van der Waals surface area contributed by atoms with Crippen molar-refractivity contribution in [2.24, 2.45) is 0 Å². The Morgan fingerprint density at radius 1 is 0.314 bits per heavy atom. The van der Waals surface area contributed by atoms with Crippen LogP contribution in [0.4, 0.5) is 0 Å². The van der Waals surface area contributed by atoms with Crippen molar-refractivity contribution in [3.8, 4) is 45.3 Å². The summed E-state index contributed by atoms with van der Waals surface area (Å²) < 4.78 is 19.1. The zero-order chi connectivity index (χ0) is 33.5. The molecule has 0 bridgehead atoms. The lowest BCUT2D eigenvalue weighted by molar-refractivity contribution is 0.668. The third-order valence-electron chi connectivity index (χ3n) is 9.76. The van der Waals surface area contributed by atoms with Gasteiger partial charge in [-0.25, -0.2) is 15.0 Å². The summed E-state index contributed by atoms with van der Waals surface area (Å²) in [6.07, 6.45) is 0. The average Bonchev–Trinajstić information content (AvgIpc) is 3.89. The molecular formula is C45H25N3O3. The van der Waals surface area contributed by atoms with Crippen molar-refractivity contribution in [2.45, 2.75) is 0 Å². The van der Waals surface area contributed by atoms with Crippen LogP contribution in [0.1, 0.15) is 0 Å². The highest BCUT2D eigenvalue weighted by molar-refractivity contribution is 6.18. The molecule has 11 aromatic rings. The number of hydrogen-bond donors (Lipinski definition) is 0. The van der Waals surface area contributed by atoms with Crippen molar-refractivity contribution >= 4 is 65.8 Å². The zero-order valence-electron chi connectivity index (χ0n) is 27.0. The van der Waals surface area contributed by atoms with Crippen molar-refractivity contribution in [2.75, 3.05) is 0 Å². The molecule has 0 aliphatic rings. The number of rotatable bonds is 4. The Kier molecular flexibility index (Phi) is 5.86. The van der Waals surface area contributed by atoms with E-state index >= 15 is 0 Å². The van der Waals surface area contributed by atoms with Crippen LogP contribution in [-0.4, -0.2) is 15.0 Å². The number of furan rings is 3. The van der Waals surface area contributed by atoms with Crippen LogP contribution in [0.25, 0.3) is 111 Å². The lowest BCUT2D eigenvalue weighted by Gasteiger charge is -2.09. The number of nitrogens with zero attached hydrogens (tertiary/aromatic N) is 3. The standard InChI is InChI=1S/C45H25N3O3/c1-2-11-26(12-3-1)43-46-44(48-45(47-43)33-18-10-22-39-41(33)32-14-5-7-20-36(32)49-39)27-23-24-37-34(25-27)40-29(15-9-21-38(40)50-37)31-17-8-16-30-28-13-4-6-19-35(28)51-42(30)31/h1-25H. The molecular weight excluding hydrogens is 631 g/mol. The van der Waals surface area contributed by atoms with E-state index < -0.39 is 0 Å². The Hall–Kier alpha value is -7.05. The monoisotopic (exact) mass is 655 g/mol. The van der Waals surface area contributed by atoms with Crippen LogP contribution < -0.4 is 0 Å². The molecule has 11 rings (SSSR count). The number of aromatic nitrogens is 3. The van der Waals surface area contributed by atoms with E-state index in [4.69, 9.17) is 28.2 Å². The summed E-state index contributed by atoms with van der Waals surface area (Å²) in [4.78, 5) is 15.2. The van der Waals surface area contributed by atoms with Crippen LogP contribution in [0.3, 0.4) is 0 Å². The topological polar surface area (TPSA) is 78.1 Å². The summed E-state index contributed by atoms with van der Waals surface area (Å²) >= 11 is 0. The molecule has 6 nitrogen and oxygen atoms in total. The van der Waals surface area contributed by atoms with Crippen molar-refractivity contribution < 1.29 is 13.3 Å². The minimum atomic E-state index is 0.566. The second-order valence-corrected chi connectivity index (χ2v) is 12.7. The molecule has 0 saturated carbocycles. The maximum Gasteiger partial charge on any atom is 0.164 e. The van der Waals surface area contributed by atoms with Crippen LogP contribution in [-0.2, 0) is 0 Å². The molecule has 0 radical (unpaired) electrons. The summed E-state index contributed by atoms with van der Waals surface area (Å²) in [7, 11) is 0. The molecule has 238 valence electrons. The van der Waals surface area contributed by atoms with Gasteiger partial charge < -0.3 is 13.3 Å². The van der Waals surface area contributed by atoms with E-state index in [1.807, 2.05) is 103 Å². The van der Waals surface area contributed by atoms with Gasteiger partial charge in [0.05, 0.1) is 0 Å². The van der Waals surface area contributed by atoms with Gasteiger partial charge in [0.1, 0.15) is 33.5 Å². The van der Waals surface area contributed by atoms with E-state index in [9.17, 15) is 0 Å². The Morgan fingerprint density at radius 3 is 1.67 bits per heavy atom. The van der Waals surface area contributed by atoms with Crippen molar-refractivity contribution in [1.29, 1.82) is 0 Å². The molecule has 0 amide bonds. The molecule has 51 heavy (non-hydrogen) atoms. The summed E-state index contributed by atoms with van der Waals surface area (Å²) in [5.74, 6) is 1.73. The van der Waals surface area contributed by atoms with Gasteiger partial charge in [-0.2, -0.15) is 0 Å². The van der Waals surface area contributed by atoms with Gasteiger partial charge in [0.25, 0.3) is 0 Å². The fourth-order valence-electron chi connectivity index (χ4n) is 7.45. The predicted octanol–water partition coefficient (Wildman–Crippen LogP) is 12.2. The quantitative estimate of drug-likeness (QED) is 0.188. The van der Waals surface area contributed by atoms with Gasteiger partial charge in [-0.15, -0.1) is 0 Å². The predicted molar refractivity (Wildman–Crippen MR) is 203 cm³/mol. The number of para-hydroxylation sites is 3. The van der Waals surface area contributed by atoms with Gasteiger partial charge in [-0.3, -0.25) is 0 Å². The Balaban J connectivity index is 1.15. The van der Waals surface area contributed by atoms with Crippen LogP contribution >= 0.6 is 0 Å². The first-order valence-electron chi connectivity index (χ1n) is 16.9.